The molecule has 0 saturated carbocycles. The molecular formula is C13H24N2O. The second kappa shape index (κ2) is 7.44. The standard InChI is InChI=1S/C13H24N2O/c1-2-3-9-12(14)13(16)15-10-11-7-5-4-6-8-11/h4-5,11-12H,2-3,6-10,14H2,1H3,(H,15,16)/t11?,12-/m0/s1. The summed E-state index contributed by atoms with van der Waals surface area (Å²) in [4.78, 5) is 11.6. The van der Waals surface area contributed by atoms with Crippen molar-refractivity contribution in [2.45, 2.75) is 51.5 Å². The Bertz CT molecular complexity index is 238. The second-order valence-corrected chi connectivity index (χ2v) is 4.64. The third-order valence-electron chi connectivity index (χ3n) is 3.15. The maximum Gasteiger partial charge on any atom is 0.236 e. The number of carbonyl (C=O) groups excluding carboxylic acids is 1. The molecule has 3 nitrogen and oxygen atoms in total. The summed E-state index contributed by atoms with van der Waals surface area (Å²) >= 11 is 0. The fourth-order valence-corrected chi connectivity index (χ4v) is 1.97. The van der Waals surface area contributed by atoms with E-state index in [2.05, 4.69) is 24.4 Å². The summed E-state index contributed by atoms with van der Waals surface area (Å²) < 4.78 is 0. The summed E-state index contributed by atoms with van der Waals surface area (Å²) in [6, 6.07) is -0.320. The summed E-state index contributed by atoms with van der Waals surface area (Å²) in [6.45, 7) is 2.89. The van der Waals surface area contributed by atoms with Gasteiger partial charge in [-0.1, -0.05) is 31.9 Å². The highest BCUT2D eigenvalue weighted by atomic mass is 16.2. The lowest BCUT2D eigenvalue weighted by atomic mass is 9.94. The van der Waals surface area contributed by atoms with E-state index in [4.69, 9.17) is 5.73 Å². The number of hydrogen-bond acceptors (Lipinski definition) is 2. The molecule has 2 atom stereocenters. The van der Waals surface area contributed by atoms with Crippen LogP contribution in [0.2, 0.25) is 0 Å². The van der Waals surface area contributed by atoms with Gasteiger partial charge in [-0.25, -0.2) is 0 Å². The van der Waals surface area contributed by atoms with Crippen LogP contribution in [-0.2, 0) is 4.79 Å². The molecular weight excluding hydrogens is 200 g/mol. The number of nitrogens with one attached hydrogen (secondary N) is 1. The fraction of sp³-hybridized carbons (Fsp3) is 0.769. The minimum Gasteiger partial charge on any atom is -0.354 e. The minimum atomic E-state index is -0.320. The third-order valence-corrected chi connectivity index (χ3v) is 3.15. The van der Waals surface area contributed by atoms with E-state index >= 15 is 0 Å². The average molecular weight is 224 g/mol. The molecule has 3 N–H and O–H groups in total. The van der Waals surface area contributed by atoms with Gasteiger partial charge in [0, 0.05) is 6.54 Å². The van der Waals surface area contributed by atoms with Crippen LogP contribution in [0.3, 0.4) is 0 Å². The van der Waals surface area contributed by atoms with Crippen molar-refractivity contribution < 1.29 is 4.79 Å². The molecule has 0 aromatic rings. The molecule has 92 valence electrons. The lowest BCUT2D eigenvalue weighted by Gasteiger charge is -2.19. The number of nitrogens with two attached hydrogens (primary N) is 1. The normalized spacial score (nSPS) is 21.8. The number of hydrogen-bond donors (Lipinski definition) is 2. The molecule has 3 heteroatoms. The predicted molar refractivity (Wildman–Crippen MR) is 67.0 cm³/mol. The lowest BCUT2D eigenvalue weighted by Crippen LogP contribution is -2.42. The topological polar surface area (TPSA) is 55.1 Å². The third kappa shape index (κ3) is 4.79. The van der Waals surface area contributed by atoms with Crippen LogP contribution in [-0.4, -0.2) is 18.5 Å². The Morgan fingerprint density at radius 1 is 1.56 bits per heavy atom. The van der Waals surface area contributed by atoms with Gasteiger partial charge < -0.3 is 11.1 Å². The fourth-order valence-electron chi connectivity index (χ4n) is 1.97. The van der Waals surface area contributed by atoms with Crippen LogP contribution in [0.4, 0.5) is 0 Å². The van der Waals surface area contributed by atoms with E-state index < -0.39 is 0 Å². The SMILES string of the molecule is CCCC[C@H](N)C(=O)NCC1CC=CCC1. The Kier molecular flexibility index (Phi) is 6.16. The molecule has 0 heterocycles. The van der Waals surface area contributed by atoms with Crippen LogP contribution in [0.1, 0.15) is 45.4 Å². The van der Waals surface area contributed by atoms with Gasteiger partial charge in [0.15, 0.2) is 0 Å². The first kappa shape index (κ1) is 13.2. The molecule has 1 amide bonds. The van der Waals surface area contributed by atoms with Gasteiger partial charge in [0.05, 0.1) is 6.04 Å². The zero-order valence-electron chi connectivity index (χ0n) is 10.2. The smallest absolute Gasteiger partial charge is 0.236 e. The molecule has 0 aromatic heterocycles. The summed E-state index contributed by atoms with van der Waals surface area (Å²) in [7, 11) is 0. The molecule has 0 radical (unpaired) electrons. The van der Waals surface area contributed by atoms with Gasteiger partial charge >= 0.3 is 0 Å². The van der Waals surface area contributed by atoms with E-state index in [0.29, 0.717) is 5.92 Å². The first-order chi connectivity index (χ1) is 7.74. The van der Waals surface area contributed by atoms with Crippen LogP contribution in [0, 0.1) is 5.92 Å². The highest BCUT2D eigenvalue weighted by Crippen LogP contribution is 2.16. The molecule has 1 rings (SSSR count). The van der Waals surface area contributed by atoms with E-state index in [1.807, 2.05) is 0 Å². The van der Waals surface area contributed by atoms with Crippen LogP contribution < -0.4 is 11.1 Å². The highest BCUT2D eigenvalue weighted by molar-refractivity contribution is 5.81. The number of amides is 1. The highest BCUT2D eigenvalue weighted by Gasteiger charge is 2.15. The van der Waals surface area contributed by atoms with E-state index in [1.54, 1.807) is 0 Å². The molecule has 0 saturated heterocycles. The van der Waals surface area contributed by atoms with Crippen molar-refractivity contribution in [3.8, 4) is 0 Å². The molecule has 16 heavy (non-hydrogen) atoms. The first-order valence-electron chi connectivity index (χ1n) is 6.42. The van der Waals surface area contributed by atoms with Crippen LogP contribution in [0.5, 0.6) is 0 Å². The lowest BCUT2D eigenvalue weighted by molar-refractivity contribution is -0.122. The summed E-state index contributed by atoms with van der Waals surface area (Å²) in [5.41, 5.74) is 5.79. The Balaban J connectivity index is 2.15. The van der Waals surface area contributed by atoms with Gasteiger partial charge in [-0.15, -0.1) is 0 Å². The molecule has 0 spiro atoms. The van der Waals surface area contributed by atoms with Crippen LogP contribution in [0.25, 0.3) is 0 Å². The van der Waals surface area contributed by atoms with Gasteiger partial charge in [-0.3, -0.25) is 4.79 Å². The van der Waals surface area contributed by atoms with E-state index in [-0.39, 0.29) is 11.9 Å². The van der Waals surface area contributed by atoms with Crippen molar-refractivity contribution in [2.75, 3.05) is 6.54 Å². The van der Waals surface area contributed by atoms with Gasteiger partial charge in [-0.05, 0) is 31.6 Å². The Hall–Kier alpha value is -0.830. The molecule has 1 unspecified atom stereocenters. The first-order valence-corrected chi connectivity index (χ1v) is 6.42. The Labute approximate surface area is 98.5 Å². The molecule has 0 aromatic carbocycles. The number of carbonyl (C=O) groups is 1. The van der Waals surface area contributed by atoms with Crippen molar-refractivity contribution >= 4 is 5.91 Å². The molecule has 1 aliphatic rings. The molecule has 0 aliphatic heterocycles. The number of rotatable bonds is 6. The van der Waals surface area contributed by atoms with Crippen molar-refractivity contribution in [1.29, 1.82) is 0 Å². The zero-order valence-corrected chi connectivity index (χ0v) is 10.2. The quantitative estimate of drug-likeness (QED) is 0.678. The zero-order chi connectivity index (χ0) is 11.8. The molecule has 1 aliphatic carbocycles. The average Bonchev–Trinajstić information content (AvgIpc) is 2.34. The largest absolute Gasteiger partial charge is 0.354 e. The van der Waals surface area contributed by atoms with Crippen LogP contribution >= 0.6 is 0 Å². The summed E-state index contributed by atoms with van der Waals surface area (Å²) in [6.07, 6.45) is 10.7. The van der Waals surface area contributed by atoms with E-state index in [9.17, 15) is 4.79 Å². The van der Waals surface area contributed by atoms with Crippen molar-refractivity contribution in [3.63, 3.8) is 0 Å². The maximum absolute atomic E-state index is 11.6. The van der Waals surface area contributed by atoms with Crippen molar-refractivity contribution in [3.05, 3.63) is 12.2 Å². The predicted octanol–water partition coefficient (Wildman–Crippen LogP) is 1.98. The van der Waals surface area contributed by atoms with E-state index in [0.717, 1.165) is 38.6 Å². The molecule has 0 fully saturated rings. The van der Waals surface area contributed by atoms with Crippen LogP contribution in [0.15, 0.2) is 12.2 Å². The summed E-state index contributed by atoms with van der Waals surface area (Å²) in [5, 5.41) is 2.96. The number of unbranched alkanes of at least 4 members (excludes halogenated alkanes) is 1. The van der Waals surface area contributed by atoms with Crippen molar-refractivity contribution in [2.24, 2.45) is 11.7 Å². The summed E-state index contributed by atoms with van der Waals surface area (Å²) in [5.74, 6) is 0.621. The molecule has 0 bridgehead atoms. The second-order valence-electron chi connectivity index (χ2n) is 4.64. The van der Waals surface area contributed by atoms with E-state index in [1.165, 1.54) is 6.42 Å². The monoisotopic (exact) mass is 224 g/mol. The Morgan fingerprint density at radius 3 is 3.00 bits per heavy atom. The van der Waals surface area contributed by atoms with Gasteiger partial charge in [0.25, 0.3) is 0 Å². The number of allylic oxidation sites excluding steroid dienone is 2. The minimum absolute atomic E-state index is 0.0167. The van der Waals surface area contributed by atoms with Gasteiger partial charge in [-0.2, -0.15) is 0 Å². The van der Waals surface area contributed by atoms with Crippen molar-refractivity contribution in [1.82, 2.24) is 5.32 Å². The van der Waals surface area contributed by atoms with Gasteiger partial charge in [0.1, 0.15) is 0 Å². The Morgan fingerprint density at radius 2 is 2.38 bits per heavy atom. The van der Waals surface area contributed by atoms with Gasteiger partial charge in [0.2, 0.25) is 5.91 Å². The maximum atomic E-state index is 11.6.